The molecule has 0 aromatic carbocycles. The molecule has 16 heavy (non-hydrogen) atoms. The first kappa shape index (κ1) is 12.4. The minimum Gasteiger partial charge on any atom is -0.330 e. The van der Waals surface area contributed by atoms with Gasteiger partial charge in [0.25, 0.3) is 0 Å². The topological polar surface area (TPSA) is 29.3 Å². The Balaban J connectivity index is 1.69. The molecule has 1 saturated carbocycles. The zero-order valence-corrected chi connectivity index (χ0v) is 10.7. The highest BCUT2D eigenvalue weighted by molar-refractivity contribution is 4.88. The van der Waals surface area contributed by atoms with E-state index in [1.165, 1.54) is 77.4 Å². The molecule has 0 aromatic heterocycles. The Bertz CT molecular complexity index is 187. The Labute approximate surface area is 101 Å². The average molecular weight is 224 g/mol. The SMILES string of the molecule is NCCCCN1CCC2(CCCCC2)CC1. The Kier molecular flexibility index (Phi) is 4.66. The fourth-order valence-corrected chi connectivity index (χ4v) is 3.53. The molecule has 0 amide bonds. The van der Waals surface area contributed by atoms with Gasteiger partial charge >= 0.3 is 0 Å². The molecule has 1 saturated heterocycles. The van der Waals surface area contributed by atoms with Crippen molar-refractivity contribution in [3.63, 3.8) is 0 Å². The van der Waals surface area contributed by atoms with E-state index < -0.39 is 0 Å². The van der Waals surface area contributed by atoms with Crippen LogP contribution >= 0.6 is 0 Å². The largest absolute Gasteiger partial charge is 0.330 e. The lowest BCUT2D eigenvalue weighted by molar-refractivity contribution is 0.0671. The maximum Gasteiger partial charge on any atom is -0.00134 e. The summed E-state index contributed by atoms with van der Waals surface area (Å²) in [7, 11) is 0. The summed E-state index contributed by atoms with van der Waals surface area (Å²) in [6.07, 6.45) is 12.9. The maximum absolute atomic E-state index is 5.54. The zero-order valence-electron chi connectivity index (χ0n) is 10.7. The molecule has 0 aromatic rings. The summed E-state index contributed by atoms with van der Waals surface area (Å²) in [5, 5.41) is 0. The lowest BCUT2D eigenvalue weighted by atomic mass is 9.68. The van der Waals surface area contributed by atoms with Gasteiger partial charge in [-0.1, -0.05) is 19.3 Å². The molecule has 0 bridgehead atoms. The number of unbranched alkanes of at least 4 members (excludes halogenated alkanes) is 1. The van der Waals surface area contributed by atoms with Gasteiger partial charge in [0.2, 0.25) is 0 Å². The normalized spacial score (nSPS) is 26.1. The fraction of sp³-hybridized carbons (Fsp3) is 1.00. The lowest BCUT2D eigenvalue weighted by Crippen LogP contribution is -2.41. The predicted octanol–water partition coefficient (Wildman–Crippen LogP) is 2.77. The highest BCUT2D eigenvalue weighted by Gasteiger charge is 2.34. The van der Waals surface area contributed by atoms with Gasteiger partial charge < -0.3 is 10.6 Å². The summed E-state index contributed by atoms with van der Waals surface area (Å²) in [5.74, 6) is 0. The first-order valence-electron chi connectivity index (χ1n) is 7.27. The first-order chi connectivity index (χ1) is 7.85. The van der Waals surface area contributed by atoms with Crippen LogP contribution in [0, 0.1) is 5.41 Å². The van der Waals surface area contributed by atoms with E-state index in [-0.39, 0.29) is 0 Å². The van der Waals surface area contributed by atoms with Crippen LogP contribution in [0.25, 0.3) is 0 Å². The van der Waals surface area contributed by atoms with E-state index in [4.69, 9.17) is 5.73 Å². The molecule has 1 spiro atoms. The quantitative estimate of drug-likeness (QED) is 0.744. The van der Waals surface area contributed by atoms with E-state index in [0.717, 1.165) is 12.0 Å². The Hall–Kier alpha value is -0.0800. The molecule has 0 radical (unpaired) electrons. The summed E-state index contributed by atoms with van der Waals surface area (Å²) >= 11 is 0. The molecule has 2 N–H and O–H groups in total. The minimum atomic E-state index is 0.766. The highest BCUT2D eigenvalue weighted by atomic mass is 15.1. The van der Waals surface area contributed by atoms with Crippen LogP contribution in [0.5, 0.6) is 0 Å². The van der Waals surface area contributed by atoms with Crippen molar-refractivity contribution in [3.8, 4) is 0 Å². The van der Waals surface area contributed by atoms with Gasteiger partial charge in [-0.05, 0) is 70.1 Å². The van der Waals surface area contributed by atoms with Crippen molar-refractivity contribution in [1.82, 2.24) is 4.90 Å². The van der Waals surface area contributed by atoms with E-state index >= 15 is 0 Å². The number of nitrogens with zero attached hydrogens (tertiary/aromatic N) is 1. The van der Waals surface area contributed by atoms with Crippen LogP contribution in [0.15, 0.2) is 0 Å². The van der Waals surface area contributed by atoms with Crippen molar-refractivity contribution >= 4 is 0 Å². The van der Waals surface area contributed by atoms with Crippen LogP contribution in [0.4, 0.5) is 0 Å². The van der Waals surface area contributed by atoms with Crippen molar-refractivity contribution in [2.75, 3.05) is 26.2 Å². The van der Waals surface area contributed by atoms with Gasteiger partial charge in [-0.2, -0.15) is 0 Å². The van der Waals surface area contributed by atoms with Gasteiger partial charge in [0, 0.05) is 0 Å². The second-order valence-corrected chi connectivity index (χ2v) is 5.90. The summed E-state index contributed by atoms with van der Waals surface area (Å²) in [6, 6.07) is 0. The molecular formula is C14H28N2. The lowest BCUT2D eigenvalue weighted by Gasteiger charge is -2.44. The number of rotatable bonds is 4. The second-order valence-electron chi connectivity index (χ2n) is 5.90. The summed E-state index contributed by atoms with van der Waals surface area (Å²) in [4.78, 5) is 2.66. The van der Waals surface area contributed by atoms with E-state index in [2.05, 4.69) is 4.90 Å². The fourth-order valence-electron chi connectivity index (χ4n) is 3.53. The third-order valence-electron chi connectivity index (χ3n) is 4.76. The highest BCUT2D eigenvalue weighted by Crippen LogP contribution is 2.44. The van der Waals surface area contributed by atoms with E-state index in [0.29, 0.717) is 0 Å². The van der Waals surface area contributed by atoms with Crippen molar-refractivity contribution in [3.05, 3.63) is 0 Å². The number of hydrogen-bond acceptors (Lipinski definition) is 2. The van der Waals surface area contributed by atoms with Gasteiger partial charge in [-0.25, -0.2) is 0 Å². The number of hydrogen-bond donors (Lipinski definition) is 1. The first-order valence-corrected chi connectivity index (χ1v) is 7.27. The van der Waals surface area contributed by atoms with Crippen LogP contribution in [0.1, 0.15) is 57.8 Å². The number of nitrogens with two attached hydrogens (primary N) is 1. The van der Waals surface area contributed by atoms with Crippen LogP contribution in [0.2, 0.25) is 0 Å². The van der Waals surface area contributed by atoms with Crippen molar-refractivity contribution in [2.45, 2.75) is 57.8 Å². The molecule has 1 heterocycles. The van der Waals surface area contributed by atoms with Crippen LogP contribution in [0.3, 0.4) is 0 Å². The monoisotopic (exact) mass is 224 g/mol. The van der Waals surface area contributed by atoms with Gasteiger partial charge in [0.15, 0.2) is 0 Å². The molecule has 0 atom stereocenters. The van der Waals surface area contributed by atoms with Crippen molar-refractivity contribution in [1.29, 1.82) is 0 Å². The summed E-state index contributed by atoms with van der Waals surface area (Å²) < 4.78 is 0. The van der Waals surface area contributed by atoms with Gasteiger partial charge in [-0.3, -0.25) is 0 Å². The number of likely N-dealkylation sites (tertiary alicyclic amines) is 1. The standard InChI is InChI=1S/C14H28N2/c15-10-4-5-11-16-12-8-14(9-13-16)6-2-1-3-7-14/h1-13,15H2. The van der Waals surface area contributed by atoms with Crippen LogP contribution in [-0.4, -0.2) is 31.1 Å². The Morgan fingerprint density at radius 1 is 0.875 bits per heavy atom. The molecule has 1 aliphatic heterocycles. The molecule has 0 unspecified atom stereocenters. The molecule has 2 nitrogen and oxygen atoms in total. The zero-order chi connectivity index (χ0) is 11.3. The minimum absolute atomic E-state index is 0.766. The van der Waals surface area contributed by atoms with Gasteiger partial charge in [0.05, 0.1) is 0 Å². The van der Waals surface area contributed by atoms with Crippen LogP contribution in [-0.2, 0) is 0 Å². The number of piperidine rings is 1. The molecule has 2 heteroatoms. The third kappa shape index (κ3) is 3.21. The van der Waals surface area contributed by atoms with E-state index in [1.54, 1.807) is 0 Å². The summed E-state index contributed by atoms with van der Waals surface area (Å²) in [6.45, 7) is 4.85. The average Bonchev–Trinajstić information content (AvgIpc) is 2.33. The molecule has 94 valence electrons. The van der Waals surface area contributed by atoms with E-state index in [1.807, 2.05) is 0 Å². The smallest absolute Gasteiger partial charge is 0.00134 e. The second kappa shape index (κ2) is 6.02. The van der Waals surface area contributed by atoms with Crippen molar-refractivity contribution in [2.24, 2.45) is 11.1 Å². The Morgan fingerprint density at radius 3 is 2.19 bits per heavy atom. The van der Waals surface area contributed by atoms with Crippen LogP contribution < -0.4 is 5.73 Å². The maximum atomic E-state index is 5.54. The van der Waals surface area contributed by atoms with Crippen molar-refractivity contribution < 1.29 is 0 Å². The summed E-state index contributed by atoms with van der Waals surface area (Å²) in [5.41, 5.74) is 6.30. The Morgan fingerprint density at radius 2 is 1.56 bits per heavy atom. The third-order valence-corrected chi connectivity index (χ3v) is 4.76. The van der Waals surface area contributed by atoms with Gasteiger partial charge in [-0.15, -0.1) is 0 Å². The van der Waals surface area contributed by atoms with Gasteiger partial charge in [0.1, 0.15) is 0 Å². The molecule has 2 aliphatic rings. The predicted molar refractivity (Wildman–Crippen MR) is 69.5 cm³/mol. The molecule has 2 rings (SSSR count). The molecule has 2 fully saturated rings. The molecule has 1 aliphatic carbocycles. The van der Waals surface area contributed by atoms with E-state index in [9.17, 15) is 0 Å². The molecular weight excluding hydrogens is 196 g/mol.